The Hall–Kier alpha value is -2.15. The molecule has 0 aromatic heterocycles. The molecule has 0 bridgehead atoms. The number of hydrogen-bond donors (Lipinski definition) is 1. The summed E-state index contributed by atoms with van der Waals surface area (Å²) in [7, 11) is 0. The molecule has 0 saturated carbocycles. The fourth-order valence-corrected chi connectivity index (χ4v) is 2.30. The zero-order valence-electron chi connectivity index (χ0n) is 12.3. The molecule has 22 heavy (non-hydrogen) atoms. The molecule has 1 amide bonds. The molecule has 1 saturated heterocycles. The molecule has 1 fully saturated rings. The monoisotopic (exact) mass is 311 g/mol. The van der Waals surface area contributed by atoms with Crippen LogP contribution in [0.4, 0.5) is 4.39 Å². The van der Waals surface area contributed by atoms with Gasteiger partial charge in [0.2, 0.25) is 0 Å². The summed E-state index contributed by atoms with van der Waals surface area (Å²) in [5, 5.41) is 8.87. The van der Waals surface area contributed by atoms with Gasteiger partial charge in [-0.15, -0.1) is 0 Å². The number of hydrogen-bond acceptors (Lipinski definition) is 4. The largest absolute Gasteiger partial charge is 0.481 e. The molecule has 1 aromatic rings. The van der Waals surface area contributed by atoms with Crippen LogP contribution in [0.1, 0.15) is 12.0 Å². The molecule has 7 heteroatoms. The number of aryl methyl sites for hydroxylation is 1. The number of nitrogens with zero attached hydrogens (tertiary/aromatic N) is 1. The number of halogens is 1. The molecule has 1 aliphatic heterocycles. The van der Waals surface area contributed by atoms with Crippen LogP contribution in [0.25, 0.3) is 0 Å². The van der Waals surface area contributed by atoms with Crippen LogP contribution < -0.4 is 4.74 Å². The van der Waals surface area contributed by atoms with Crippen LogP contribution in [0.2, 0.25) is 0 Å². The lowest BCUT2D eigenvalue weighted by atomic mass is 10.1. The van der Waals surface area contributed by atoms with Gasteiger partial charge in [-0.2, -0.15) is 0 Å². The van der Waals surface area contributed by atoms with Crippen LogP contribution in [0.3, 0.4) is 0 Å². The number of benzene rings is 1. The second-order valence-corrected chi connectivity index (χ2v) is 5.14. The molecule has 120 valence electrons. The molecular formula is C15H18FNO5. The first-order valence-electron chi connectivity index (χ1n) is 6.95. The normalized spacial score (nSPS) is 18.1. The van der Waals surface area contributed by atoms with Crippen molar-refractivity contribution >= 4 is 11.9 Å². The SMILES string of the molecule is Cc1ccc(F)c(OCC(=O)N2CCOC[C@@H]2CC(=O)O)c1. The third-order valence-corrected chi connectivity index (χ3v) is 3.40. The Morgan fingerprint density at radius 2 is 2.27 bits per heavy atom. The summed E-state index contributed by atoms with van der Waals surface area (Å²) in [4.78, 5) is 24.4. The van der Waals surface area contributed by atoms with Gasteiger partial charge in [-0.1, -0.05) is 6.07 Å². The minimum atomic E-state index is -1.00. The van der Waals surface area contributed by atoms with Gasteiger partial charge in [-0.25, -0.2) is 4.39 Å². The average molecular weight is 311 g/mol. The van der Waals surface area contributed by atoms with Crippen molar-refractivity contribution < 1.29 is 28.6 Å². The van der Waals surface area contributed by atoms with Crippen molar-refractivity contribution in [2.45, 2.75) is 19.4 Å². The minimum Gasteiger partial charge on any atom is -0.481 e. The van der Waals surface area contributed by atoms with Gasteiger partial charge in [0.05, 0.1) is 25.7 Å². The van der Waals surface area contributed by atoms with Gasteiger partial charge in [0.15, 0.2) is 18.2 Å². The van der Waals surface area contributed by atoms with Gasteiger partial charge in [-0.05, 0) is 24.6 Å². The highest BCUT2D eigenvalue weighted by molar-refractivity contribution is 5.79. The second-order valence-electron chi connectivity index (χ2n) is 5.14. The zero-order valence-corrected chi connectivity index (χ0v) is 12.3. The molecule has 1 aromatic carbocycles. The predicted molar refractivity (Wildman–Crippen MR) is 75.2 cm³/mol. The molecule has 1 aliphatic rings. The van der Waals surface area contributed by atoms with E-state index < -0.39 is 17.8 Å². The highest BCUT2D eigenvalue weighted by Gasteiger charge is 2.29. The van der Waals surface area contributed by atoms with Crippen LogP contribution in [0.15, 0.2) is 18.2 Å². The van der Waals surface area contributed by atoms with Crippen LogP contribution in [0, 0.1) is 12.7 Å². The third kappa shape index (κ3) is 4.17. The first-order chi connectivity index (χ1) is 10.5. The van der Waals surface area contributed by atoms with Crippen molar-refractivity contribution in [3.63, 3.8) is 0 Å². The molecule has 0 radical (unpaired) electrons. The molecule has 0 unspecified atom stereocenters. The van der Waals surface area contributed by atoms with Crippen molar-refractivity contribution in [3.8, 4) is 5.75 Å². The maximum Gasteiger partial charge on any atom is 0.305 e. The predicted octanol–water partition coefficient (Wildman–Crippen LogP) is 1.22. The first kappa shape index (κ1) is 16.2. The Labute approximate surface area is 127 Å². The molecule has 0 aliphatic carbocycles. The molecule has 1 N–H and O–H groups in total. The summed E-state index contributed by atoms with van der Waals surface area (Å²) >= 11 is 0. The number of ether oxygens (including phenoxy) is 2. The Morgan fingerprint density at radius 3 is 3.00 bits per heavy atom. The quantitative estimate of drug-likeness (QED) is 0.884. The van der Waals surface area contributed by atoms with Gasteiger partial charge < -0.3 is 19.5 Å². The second kappa shape index (κ2) is 7.22. The summed E-state index contributed by atoms with van der Waals surface area (Å²) in [6.45, 7) is 2.28. The maximum absolute atomic E-state index is 13.6. The number of carbonyl (C=O) groups excluding carboxylic acids is 1. The molecule has 1 atom stereocenters. The summed E-state index contributed by atoms with van der Waals surface area (Å²) < 4.78 is 24.0. The summed E-state index contributed by atoms with van der Waals surface area (Å²) in [5.41, 5.74) is 0.818. The highest BCUT2D eigenvalue weighted by Crippen LogP contribution is 2.19. The van der Waals surface area contributed by atoms with E-state index in [9.17, 15) is 14.0 Å². The lowest BCUT2D eigenvalue weighted by Gasteiger charge is -2.34. The number of aliphatic carboxylic acids is 1. The van der Waals surface area contributed by atoms with Crippen molar-refractivity contribution in [2.24, 2.45) is 0 Å². The van der Waals surface area contributed by atoms with Gasteiger partial charge in [0.25, 0.3) is 5.91 Å². The van der Waals surface area contributed by atoms with E-state index in [4.69, 9.17) is 14.6 Å². The number of rotatable bonds is 5. The van der Waals surface area contributed by atoms with Crippen LogP contribution in [0.5, 0.6) is 5.75 Å². The van der Waals surface area contributed by atoms with E-state index in [0.717, 1.165) is 5.56 Å². The number of carboxylic acids is 1. The fourth-order valence-electron chi connectivity index (χ4n) is 2.30. The average Bonchev–Trinajstić information content (AvgIpc) is 2.48. The van der Waals surface area contributed by atoms with Gasteiger partial charge in [0.1, 0.15) is 0 Å². The van der Waals surface area contributed by atoms with E-state index in [0.29, 0.717) is 13.2 Å². The molecule has 1 heterocycles. The van der Waals surface area contributed by atoms with Gasteiger partial charge in [-0.3, -0.25) is 9.59 Å². The summed E-state index contributed by atoms with van der Waals surface area (Å²) in [5.74, 6) is -1.91. The van der Waals surface area contributed by atoms with E-state index in [-0.39, 0.29) is 31.3 Å². The lowest BCUT2D eigenvalue weighted by Crippen LogP contribution is -2.51. The number of carboxylic acid groups (broad SMARTS) is 1. The van der Waals surface area contributed by atoms with Crippen molar-refractivity contribution in [3.05, 3.63) is 29.6 Å². The minimum absolute atomic E-state index is 0.0106. The smallest absolute Gasteiger partial charge is 0.305 e. The van der Waals surface area contributed by atoms with Crippen LogP contribution in [-0.2, 0) is 14.3 Å². The van der Waals surface area contributed by atoms with E-state index in [2.05, 4.69) is 0 Å². The first-order valence-corrected chi connectivity index (χ1v) is 6.95. The van der Waals surface area contributed by atoms with Crippen LogP contribution >= 0.6 is 0 Å². The molecule has 2 rings (SSSR count). The van der Waals surface area contributed by atoms with E-state index in [1.807, 2.05) is 0 Å². The standard InChI is InChI=1S/C15H18FNO5/c1-10-2-3-12(16)13(6-10)22-9-14(18)17-4-5-21-8-11(17)7-15(19)20/h2-3,6,11H,4-5,7-9H2,1H3,(H,19,20)/t11-/m0/s1. The van der Waals surface area contributed by atoms with Crippen LogP contribution in [-0.4, -0.2) is 54.3 Å². The lowest BCUT2D eigenvalue weighted by molar-refractivity contribution is -0.147. The maximum atomic E-state index is 13.6. The van der Waals surface area contributed by atoms with Crippen molar-refractivity contribution in [2.75, 3.05) is 26.4 Å². The molecule has 6 nitrogen and oxygen atoms in total. The van der Waals surface area contributed by atoms with Gasteiger partial charge in [0, 0.05) is 6.54 Å². The Kier molecular flexibility index (Phi) is 5.32. The Morgan fingerprint density at radius 1 is 1.50 bits per heavy atom. The number of morpholine rings is 1. The molecule has 0 spiro atoms. The zero-order chi connectivity index (χ0) is 16.1. The van der Waals surface area contributed by atoms with E-state index in [1.165, 1.54) is 17.0 Å². The molecular weight excluding hydrogens is 293 g/mol. The number of amides is 1. The highest BCUT2D eigenvalue weighted by atomic mass is 19.1. The topological polar surface area (TPSA) is 76.1 Å². The van der Waals surface area contributed by atoms with E-state index in [1.54, 1.807) is 13.0 Å². The Balaban J connectivity index is 1.97. The Bertz CT molecular complexity index is 563. The summed E-state index contributed by atoms with van der Waals surface area (Å²) in [6, 6.07) is 3.87. The van der Waals surface area contributed by atoms with Crippen molar-refractivity contribution in [1.29, 1.82) is 0 Å². The number of carbonyl (C=O) groups is 2. The van der Waals surface area contributed by atoms with Gasteiger partial charge >= 0.3 is 5.97 Å². The fraction of sp³-hybridized carbons (Fsp3) is 0.467. The summed E-state index contributed by atoms with van der Waals surface area (Å²) in [6.07, 6.45) is -0.190. The third-order valence-electron chi connectivity index (χ3n) is 3.40. The van der Waals surface area contributed by atoms with Crippen molar-refractivity contribution in [1.82, 2.24) is 4.90 Å². The van der Waals surface area contributed by atoms with E-state index >= 15 is 0 Å².